The third-order valence-electron chi connectivity index (χ3n) is 4.57. The van der Waals surface area contributed by atoms with E-state index in [1.165, 1.54) is 10.9 Å². The van der Waals surface area contributed by atoms with Gasteiger partial charge in [0.05, 0.1) is 6.10 Å². The molecule has 2 nitrogen and oxygen atoms in total. The molecule has 0 saturated heterocycles. The Hall–Kier alpha value is -1.37. The second-order valence-corrected chi connectivity index (χ2v) is 8.44. The van der Waals surface area contributed by atoms with Gasteiger partial charge in [-0.2, -0.15) is 0 Å². The maximum Gasteiger partial charge on any atom is 0.122 e. The normalized spacial score (nSPS) is 15.7. The van der Waals surface area contributed by atoms with Crippen molar-refractivity contribution in [1.29, 1.82) is 0 Å². The molecule has 0 aliphatic rings. The van der Waals surface area contributed by atoms with Gasteiger partial charge in [-0.1, -0.05) is 64.4 Å². The molecule has 2 aromatic carbocycles. The summed E-state index contributed by atoms with van der Waals surface area (Å²) in [6, 6.07) is 12.2. The van der Waals surface area contributed by atoms with Crippen LogP contribution in [0, 0.1) is 13.8 Å². The van der Waals surface area contributed by atoms with Crippen LogP contribution in [0.15, 0.2) is 36.4 Å². The maximum absolute atomic E-state index is 10.6. The highest BCUT2D eigenvalue weighted by molar-refractivity contribution is 7.48. The smallest absolute Gasteiger partial charge is 0.122 e. The van der Waals surface area contributed by atoms with Crippen molar-refractivity contribution < 1.29 is 10.2 Å². The van der Waals surface area contributed by atoms with Crippen molar-refractivity contribution >= 4 is 13.9 Å². The number of benzene rings is 2. The summed E-state index contributed by atoms with van der Waals surface area (Å²) in [6.07, 6.45) is 0.448. The van der Waals surface area contributed by atoms with Crippen molar-refractivity contribution in [2.45, 2.75) is 52.3 Å². The van der Waals surface area contributed by atoms with Crippen LogP contribution < -0.4 is 5.30 Å². The van der Waals surface area contributed by atoms with Crippen LogP contribution in [-0.4, -0.2) is 10.2 Å². The van der Waals surface area contributed by atoms with Gasteiger partial charge in [0.2, 0.25) is 0 Å². The quantitative estimate of drug-likeness (QED) is 0.781. The van der Waals surface area contributed by atoms with E-state index in [-0.39, 0.29) is 5.16 Å². The van der Waals surface area contributed by atoms with Crippen LogP contribution in [0.4, 0.5) is 0 Å². The fraction of sp³-hybridized carbons (Fsp3) is 0.400. The van der Waals surface area contributed by atoms with Crippen LogP contribution >= 0.6 is 8.58 Å². The number of hydrogen-bond donors (Lipinski definition) is 2. The predicted molar refractivity (Wildman–Crippen MR) is 100 cm³/mol. The summed E-state index contributed by atoms with van der Waals surface area (Å²) in [5.41, 5.74) is 4.09. The molecular weight excluding hydrogens is 303 g/mol. The minimum Gasteiger partial charge on any atom is -0.507 e. The highest BCUT2D eigenvalue weighted by Gasteiger charge is 2.30. The number of phenolic OH excluding ortho intramolecular Hbond substituents is 1. The zero-order valence-electron chi connectivity index (χ0n) is 14.6. The van der Waals surface area contributed by atoms with E-state index < -0.39 is 6.10 Å². The molecule has 0 amide bonds. The highest BCUT2D eigenvalue weighted by atomic mass is 31.1. The summed E-state index contributed by atoms with van der Waals surface area (Å²) in [5, 5.41) is 21.7. The summed E-state index contributed by atoms with van der Waals surface area (Å²) in [4.78, 5) is 0. The van der Waals surface area contributed by atoms with Crippen LogP contribution in [0.3, 0.4) is 0 Å². The van der Waals surface area contributed by atoms with Gasteiger partial charge >= 0.3 is 0 Å². The number of aryl methyl sites for hydroxylation is 2. The molecule has 0 radical (unpaired) electrons. The molecule has 3 unspecified atom stereocenters. The monoisotopic (exact) mass is 330 g/mol. The average Bonchev–Trinajstić information content (AvgIpc) is 2.51. The van der Waals surface area contributed by atoms with Crippen molar-refractivity contribution in [3.05, 3.63) is 58.7 Å². The van der Waals surface area contributed by atoms with Crippen molar-refractivity contribution in [2.24, 2.45) is 0 Å². The number of rotatable bonds is 5. The summed E-state index contributed by atoms with van der Waals surface area (Å²) >= 11 is 0. The number of phenols is 1. The Morgan fingerprint density at radius 1 is 1.17 bits per heavy atom. The summed E-state index contributed by atoms with van der Waals surface area (Å²) < 4.78 is 0. The third-order valence-corrected chi connectivity index (χ3v) is 6.47. The van der Waals surface area contributed by atoms with Crippen molar-refractivity contribution in [3.63, 3.8) is 0 Å². The number of hydrogen-bond acceptors (Lipinski definition) is 2. The lowest BCUT2D eigenvalue weighted by Gasteiger charge is -2.32. The average molecular weight is 330 g/mol. The molecule has 0 aliphatic carbocycles. The number of aromatic hydroxyl groups is 1. The van der Waals surface area contributed by atoms with Crippen LogP contribution in [0.25, 0.3) is 0 Å². The largest absolute Gasteiger partial charge is 0.507 e. The molecule has 0 aromatic heterocycles. The summed E-state index contributed by atoms with van der Waals surface area (Å²) in [7, 11) is 0.487. The minimum absolute atomic E-state index is 0.147. The van der Waals surface area contributed by atoms with E-state index in [0.29, 0.717) is 14.3 Å². The Morgan fingerprint density at radius 2 is 1.83 bits per heavy atom. The van der Waals surface area contributed by atoms with E-state index in [1.807, 2.05) is 31.2 Å². The number of aliphatic hydroxyl groups excluding tert-OH is 1. The van der Waals surface area contributed by atoms with Crippen LogP contribution in [0.1, 0.15) is 55.5 Å². The molecule has 2 rings (SSSR count). The molecule has 0 bridgehead atoms. The molecule has 2 N–H and O–H groups in total. The van der Waals surface area contributed by atoms with Gasteiger partial charge in [-0.05, 0) is 43.6 Å². The van der Waals surface area contributed by atoms with Crippen LogP contribution in [0.5, 0.6) is 5.75 Å². The fourth-order valence-electron chi connectivity index (χ4n) is 3.00. The van der Waals surface area contributed by atoms with Crippen molar-refractivity contribution in [2.75, 3.05) is 0 Å². The van der Waals surface area contributed by atoms with E-state index >= 15 is 0 Å². The SMILES string of the molecule is CCC(C)(Pc1ccccc1C(C)O)c1cc(C)cc(C)c1O. The molecule has 23 heavy (non-hydrogen) atoms. The lowest BCUT2D eigenvalue weighted by molar-refractivity contribution is 0.200. The van der Waals surface area contributed by atoms with E-state index in [1.54, 1.807) is 6.92 Å². The van der Waals surface area contributed by atoms with Crippen LogP contribution in [0.2, 0.25) is 0 Å². The first-order valence-corrected chi connectivity index (χ1v) is 9.14. The summed E-state index contributed by atoms with van der Waals surface area (Å²) in [6.45, 7) is 10.2. The minimum atomic E-state index is -0.479. The van der Waals surface area contributed by atoms with E-state index in [9.17, 15) is 10.2 Å². The van der Waals surface area contributed by atoms with Gasteiger partial charge in [-0.25, -0.2) is 0 Å². The first-order chi connectivity index (χ1) is 10.8. The van der Waals surface area contributed by atoms with E-state index in [0.717, 1.165) is 23.1 Å². The lowest BCUT2D eigenvalue weighted by atomic mass is 9.93. The standard InChI is InChI=1S/C20H27O2P/c1-6-20(5,17-12-13(2)11-14(3)19(17)22)23-18-10-8-7-9-16(18)15(4)21/h7-12,15,21-23H,6H2,1-5H3. The van der Waals surface area contributed by atoms with Gasteiger partial charge in [-0.3, -0.25) is 0 Å². The molecule has 0 saturated carbocycles. The van der Waals surface area contributed by atoms with Gasteiger partial charge in [0.1, 0.15) is 5.75 Å². The van der Waals surface area contributed by atoms with Gasteiger partial charge in [0.15, 0.2) is 0 Å². The predicted octanol–water partition coefficient (Wildman–Crippen LogP) is 4.69. The Labute approximate surface area is 141 Å². The Morgan fingerprint density at radius 3 is 2.43 bits per heavy atom. The number of aliphatic hydroxyl groups is 1. The molecule has 0 fully saturated rings. The molecule has 0 heterocycles. The first-order valence-electron chi connectivity index (χ1n) is 8.14. The molecule has 2 aromatic rings. The van der Waals surface area contributed by atoms with Crippen molar-refractivity contribution in [1.82, 2.24) is 0 Å². The second-order valence-electron chi connectivity index (χ2n) is 6.55. The second kappa shape index (κ2) is 7.03. The lowest BCUT2D eigenvalue weighted by Crippen LogP contribution is -2.21. The zero-order valence-corrected chi connectivity index (χ0v) is 15.6. The topological polar surface area (TPSA) is 40.5 Å². The molecule has 0 aliphatic heterocycles. The third kappa shape index (κ3) is 3.76. The molecule has 3 atom stereocenters. The Bertz CT molecular complexity index is 694. The van der Waals surface area contributed by atoms with Gasteiger partial charge in [0.25, 0.3) is 0 Å². The Balaban J connectivity index is 2.51. The first kappa shape index (κ1) is 18.0. The molecule has 3 heteroatoms. The van der Waals surface area contributed by atoms with Gasteiger partial charge < -0.3 is 10.2 Å². The van der Waals surface area contributed by atoms with E-state index in [2.05, 4.69) is 32.9 Å². The van der Waals surface area contributed by atoms with Gasteiger partial charge in [-0.15, -0.1) is 0 Å². The molecule has 0 spiro atoms. The summed E-state index contributed by atoms with van der Waals surface area (Å²) in [5.74, 6) is 0.405. The molecule has 124 valence electrons. The van der Waals surface area contributed by atoms with E-state index in [4.69, 9.17) is 0 Å². The highest BCUT2D eigenvalue weighted by Crippen LogP contribution is 2.48. The fourth-order valence-corrected chi connectivity index (χ4v) is 4.71. The molecular formula is C20H27O2P. The van der Waals surface area contributed by atoms with Crippen molar-refractivity contribution in [3.8, 4) is 5.75 Å². The Kier molecular flexibility index (Phi) is 5.49. The van der Waals surface area contributed by atoms with Crippen LogP contribution in [-0.2, 0) is 5.16 Å². The zero-order chi connectivity index (χ0) is 17.2. The maximum atomic E-state index is 10.6. The van der Waals surface area contributed by atoms with Gasteiger partial charge in [0, 0.05) is 10.7 Å².